The Bertz CT molecular complexity index is 852. The maximum Gasteiger partial charge on any atom is 0.162 e. The van der Waals surface area contributed by atoms with E-state index in [2.05, 4.69) is 17.2 Å². The molecular formula is C25H28ClNO3. The van der Waals surface area contributed by atoms with Crippen LogP contribution in [0.5, 0.6) is 11.5 Å². The number of hydrogen-bond acceptors (Lipinski definition) is 4. The van der Waals surface area contributed by atoms with Crippen molar-refractivity contribution >= 4 is 11.6 Å². The Hall–Kier alpha value is -2.63. The highest BCUT2D eigenvalue weighted by Crippen LogP contribution is 2.28. The smallest absolute Gasteiger partial charge is 0.162 e. The molecule has 1 atom stereocenters. The first-order valence-electron chi connectivity index (χ1n) is 9.89. The van der Waals surface area contributed by atoms with Gasteiger partial charge in [-0.15, -0.1) is 12.8 Å². The average molecular weight is 426 g/mol. The summed E-state index contributed by atoms with van der Waals surface area (Å²) in [5, 5.41) is 4.20. The lowest BCUT2D eigenvalue weighted by molar-refractivity contribution is 0.0715. The number of rotatable bonds is 13. The molecule has 0 aliphatic rings. The zero-order valence-corrected chi connectivity index (χ0v) is 18.1. The van der Waals surface area contributed by atoms with Crippen LogP contribution in [0.2, 0.25) is 5.02 Å². The molecule has 5 heteroatoms. The minimum absolute atomic E-state index is 0.0470. The van der Waals surface area contributed by atoms with Gasteiger partial charge in [0.25, 0.3) is 0 Å². The van der Waals surface area contributed by atoms with E-state index >= 15 is 0 Å². The third-order valence-electron chi connectivity index (χ3n) is 4.57. The van der Waals surface area contributed by atoms with E-state index in [1.54, 1.807) is 7.11 Å². The number of hydrogen-bond donors (Lipinski definition) is 1. The number of ether oxygens (including phenoxy) is 3. The first kappa shape index (κ1) is 23.6. The number of terminal acetylenes is 2. The van der Waals surface area contributed by atoms with E-state index in [0.717, 1.165) is 42.9 Å². The summed E-state index contributed by atoms with van der Waals surface area (Å²) in [6.07, 6.45) is 13.3. The standard InChI is InChI=1S/C25H28ClNO3/c1-4-16-29-23(12-8-20-6-10-22(26)11-7-20)19-27-15-14-21-9-13-24(30-17-5-2)25(18-21)28-3/h1-2,6-7,9-11,13,18,23,27H,8,12,14-17,19H2,3H3/t23-/m1/s1. The van der Waals surface area contributed by atoms with E-state index in [4.69, 9.17) is 38.7 Å². The van der Waals surface area contributed by atoms with E-state index in [9.17, 15) is 0 Å². The van der Waals surface area contributed by atoms with E-state index in [0.29, 0.717) is 18.1 Å². The van der Waals surface area contributed by atoms with Crippen LogP contribution in [0.3, 0.4) is 0 Å². The lowest BCUT2D eigenvalue weighted by atomic mass is 10.1. The maximum atomic E-state index is 5.95. The second-order valence-corrected chi connectivity index (χ2v) is 7.17. The summed E-state index contributed by atoms with van der Waals surface area (Å²) in [6.45, 7) is 2.07. The minimum atomic E-state index is 0.0470. The fraction of sp³-hybridized carbons (Fsp3) is 0.360. The Labute approximate surface area is 184 Å². The molecule has 0 aromatic heterocycles. The van der Waals surface area contributed by atoms with Gasteiger partial charge in [-0.1, -0.05) is 41.6 Å². The van der Waals surface area contributed by atoms with Crippen molar-refractivity contribution in [3.63, 3.8) is 0 Å². The predicted octanol–water partition coefficient (Wildman–Crippen LogP) is 4.14. The Kier molecular flexibility index (Phi) is 10.7. The van der Waals surface area contributed by atoms with Crippen molar-refractivity contribution < 1.29 is 14.2 Å². The van der Waals surface area contributed by atoms with Crippen molar-refractivity contribution in [2.75, 3.05) is 33.4 Å². The van der Waals surface area contributed by atoms with Crippen molar-refractivity contribution in [2.24, 2.45) is 0 Å². The molecule has 2 aromatic rings. The number of methoxy groups -OCH3 is 1. The van der Waals surface area contributed by atoms with Crippen LogP contribution in [-0.2, 0) is 17.6 Å². The third-order valence-corrected chi connectivity index (χ3v) is 4.82. The maximum absolute atomic E-state index is 5.95. The summed E-state index contributed by atoms with van der Waals surface area (Å²) in [5.41, 5.74) is 2.38. The van der Waals surface area contributed by atoms with E-state index in [-0.39, 0.29) is 12.7 Å². The number of halogens is 1. The van der Waals surface area contributed by atoms with Gasteiger partial charge < -0.3 is 19.5 Å². The highest BCUT2D eigenvalue weighted by Gasteiger charge is 2.10. The fourth-order valence-corrected chi connectivity index (χ4v) is 3.12. The molecular weight excluding hydrogens is 398 g/mol. The zero-order valence-electron chi connectivity index (χ0n) is 17.3. The van der Waals surface area contributed by atoms with Gasteiger partial charge in [-0.05, 0) is 61.2 Å². The molecule has 2 rings (SSSR count). The van der Waals surface area contributed by atoms with Gasteiger partial charge in [0, 0.05) is 11.6 Å². The van der Waals surface area contributed by atoms with Crippen LogP contribution in [0, 0.1) is 24.7 Å². The van der Waals surface area contributed by atoms with Gasteiger partial charge in [0.1, 0.15) is 13.2 Å². The van der Waals surface area contributed by atoms with Gasteiger partial charge in [0.15, 0.2) is 11.5 Å². The summed E-state index contributed by atoms with van der Waals surface area (Å²) in [4.78, 5) is 0. The molecule has 2 aromatic carbocycles. The molecule has 0 fully saturated rings. The first-order chi connectivity index (χ1) is 14.7. The van der Waals surface area contributed by atoms with Crippen molar-refractivity contribution in [1.82, 2.24) is 5.32 Å². The molecule has 1 N–H and O–H groups in total. The van der Waals surface area contributed by atoms with Gasteiger partial charge in [-0.2, -0.15) is 0 Å². The molecule has 0 radical (unpaired) electrons. The molecule has 158 valence electrons. The van der Waals surface area contributed by atoms with Gasteiger partial charge >= 0.3 is 0 Å². The van der Waals surface area contributed by atoms with Crippen molar-refractivity contribution in [2.45, 2.75) is 25.4 Å². The lowest BCUT2D eigenvalue weighted by Gasteiger charge is -2.18. The third kappa shape index (κ3) is 8.39. The summed E-state index contributed by atoms with van der Waals surface area (Å²) >= 11 is 5.95. The van der Waals surface area contributed by atoms with Crippen LogP contribution in [-0.4, -0.2) is 39.5 Å². The van der Waals surface area contributed by atoms with Crippen LogP contribution in [0.4, 0.5) is 0 Å². The lowest BCUT2D eigenvalue weighted by Crippen LogP contribution is -2.31. The molecule has 4 nitrogen and oxygen atoms in total. The van der Waals surface area contributed by atoms with Crippen LogP contribution in [0.25, 0.3) is 0 Å². The average Bonchev–Trinajstić information content (AvgIpc) is 2.77. The van der Waals surface area contributed by atoms with E-state index in [1.807, 2.05) is 42.5 Å². The Morgan fingerprint density at radius 2 is 1.70 bits per heavy atom. The normalized spacial score (nSPS) is 11.3. The van der Waals surface area contributed by atoms with Gasteiger partial charge in [-0.25, -0.2) is 0 Å². The molecule has 0 aliphatic heterocycles. The predicted molar refractivity (Wildman–Crippen MR) is 122 cm³/mol. The molecule has 0 unspecified atom stereocenters. The SMILES string of the molecule is C#CCOc1ccc(CCNC[C@@H](CCc2ccc(Cl)cc2)OCC#C)cc1OC. The fourth-order valence-electron chi connectivity index (χ4n) is 2.99. The Morgan fingerprint density at radius 1 is 0.967 bits per heavy atom. The first-order valence-corrected chi connectivity index (χ1v) is 10.3. The topological polar surface area (TPSA) is 39.7 Å². The van der Waals surface area contributed by atoms with Gasteiger partial charge in [0.2, 0.25) is 0 Å². The van der Waals surface area contributed by atoms with E-state index in [1.165, 1.54) is 5.56 Å². The van der Waals surface area contributed by atoms with Crippen LogP contribution < -0.4 is 14.8 Å². The molecule has 0 heterocycles. The summed E-state index contributed by atoms with van der Waals surface area (Å²) < 4.78 is 16.7. The van der Waals surface area contributed by atoms with Crippen LogP contribution in [0.1, 0.15) is 17.5 Å². The highest BCUT2D eigenvalue weighted by molar-refractivity contribution is 6.30. The largest absolute Gasteiger partial charge is 0.493 e. The quantitative estimate of drug-likeness (QED) is 0.386. The molecule has 0 spiro atoms. The zero-order chi connectivity index (χ0) is 21.6. The molecule has 0 saturated carbocycles. The number of aryl methyl sites for hydroxylation is 1. The second kappa shape index (κ2) is 13.6. The van der Waals surface area contributed by atoms with Gasteiger partial charge in [0.05, 0.1) is 13.2 Å². The summed E-state index contributed by atoms with van der Waals surface area (Å²) in [5.74, 6) is 6.33. The molecule has 0 aliphatic carbocycles. The Morgan fingerprint density at radius 3 is 2.40 bits per heavy atom. The van der Waals surface area contributed by atoms with E-state index < -0.39 is 0 Å². The summed E-state index contributed by atoms with van der Waals surface area (Å²) in [7, 11) is 1.62. The molecule has 0 bridgehead atoms. The van der Waals surface area contributed by atoms with Crippen molar-refractivity contribution in [3.05, 3.63) is 58.6 Å². The van der Waals surface area contributed by atoms with Crippen LogP contribution in [0.15, 0.2) is 42.5 Å². The summed E-state index contributed by atoms with van der Waals surface area (Å²) in [6, 6.07) is 13.8. The van der Waals surface area contributed by atoms with Crippen LogP contribution >= 0.6 is 11.6 Å². The number of nitrogens with one attached hydrogen (secondary N) is 1. The second-order valence-electron chi connectivity index (χ2n) is 6.73. The monoisotopic (exact) mass is 425 g/mol. The van der Waals surface area contributed by atoms with Crippen molar-refractivity contribution in [3.8, 4) is 36.2 Å². The highest BCUT2D eigenvalue weighted by atomic mass is 35.5. The number of benzene rings is 2. The van der Waals surface area contributed by atoms with Crippen molar-refractivity contribution in [1.29, 1.82) is 0 Å². The molecule has 30 heavy (non-hydrogen) atoms. The van der Waals surface area contributed by atoms with Gasteiger partial charge in [-0.3, -0.25) is 0 Å². The molecule has 0 saturated heterocycles. The molecule has 0 amide bonds. The minimum Gasteiger partial charge on any atom is -0.493 e. The Balaban J connectivity index is 1.80.